The predicted octanol–water partition coefficient (Wildman–Crippen LogP) is 11.4. The zero-order valence-electron chi connectivity index (χ0n) is 31.8. The average molecular weight is 805 g/mol. The Hall–Kier alpha value is -4.83. The fraction of sp³-hybridized carbons (Fsp3) is 0.302. The fourth-order valence-electron chi connectivity index (χ4n) is 6.69. The average Bonchev–Trinajstić information content (AvgIpc) is 3.72. The topological polar surface area (TPSA) is 92.2 Å². The Labute approximate surface area is 337 Å². The minimum Gasteiger partial charge on any atom is -0.496 e. The van der Waals surface area contributed by atoms with Crippen molar-refractivity contribution in [3.05, 3.63) is 122 Å². The third kappa shape index (κ3) is 9.35. The highest BCUT2D eigenvalue weighted by atomic mass is 35.5. The van der Waals surface area contributed by atoms with E-state index in [9.17, 15) is 0 Å². The summed E-state index contributed by atoms with van der Waals surface area (Å²) in [6, 6.07) is 23.6. The molecule has 4 heterocycles. The molecule has 0 unspecified atom stereocenters. The van der Waals surface area contributed by atoms with Gasteiger partial charge in [0.2, 0.25) is 0 Å². The highest BCUT2D eigenvalue weighted by molar-refractivity contribution is 6.30. The zero-order valence-corrected chi connectivity index (χ0v) is 34.1. The molecule has 288 valence electrons. The molecule has 2 aromatic heterocycles. The fourth-order valence-corrected chi connectivity index (χ4v) is 7.12. The van der Waals surface area contributed by atoms with Crippen LogP contribution in [0.25, 0.3) is 22.3 Å². The van der Waals surface area contributed by atoms with E-state index in [1.807, 2.05) is 94.4 Å². The summed E-state index contributed by atoms with van der Waals surface area (Å²) in [5.41, 5.74) is 10.1. The van der Waals surface area contributed by atoms with E-state index in [1.54, 1.807) is 14.2 Å². The van der Waals surface area contributed by atoms with E-state index in [4.69, 9.17) is 62.8 Å². The first-order chi connectivity index (χ1) is 26.6. The summed E-state index contributed by atoms with van der Waals surface area (Å²) in [6.07, 6.45) is 2.09. The minimum absolute atomic E-state index is 0.553. The number of hydrogen-bond donors (Lipinski definition) is 0. The van der Waals surface area contributed by atoms with Gasteiger partial charge >= 0.3 is 0 Å². The van der Waals surface area contributed by atoms with Gasteiger partial charge < -0.3 is 32.9 Å². The molecule has 8 rings (SSSR count). The lowest BCUT2D eigenvalue weighted by atomic mass is 9.97. The Kier molecular flexibility index (Phi) is 13.2. The molecule has 12 heteroatoms. The van der Waals surface area contributed by atoms with E-state index in [0.29, 0.717) is 12.5 Å². The Balaban J connectivity index is 0.000000159. The summed E-state index contributed by atoms with van der Waals surface area (Å²) < 4.78 is 33.5. The lowest BCUT2D eigenvalue weighted by Crippen LogP contribution is -2.32. The monoisotopic (exact) mass is 803 g/mol. The molecule has 0 saturated heterocycles. The van der Waals surface area contributed by atoms with Gasteiger partial charge in [0.15, 0.2) is 0 Å². The quantitative estimate of drug-likeness (QED) is 0.146. The van der Waals surface area contributed by atoms with E-state index in [0.717, 1.165) is 122 Å². The van der Waals surface area contributed by atoms with E-state index in [2.05, 4.69) is 21.3 Å². The van der Waals surface area contributed by atoms with Gasteiger partial charge in [-0.25, -0.2) is 0 Å². The first-order valence-electron chi connectivity index (χ1n) is 17.9. The van der Waals surface area contributed by atoms with Crippen LogP contribution < -0.4 is 23.8 Å². The van der Waals surface area contributed by atoms with Crippen molar-refractivity contribution in [1.82, 2.24) is 10.3 Å². The van der Waals surface area contributed by atoms with Crippen molar-refractivity contribution < 1.29 is 28.0 Å². The smallest absolute Gasteiger partial charge is 0.143 e. The maximum Gasteiger partial charge on any atom is 0.143 e. The Bertz CT molecular complexity index is 2180. The first-order valence-corrected chi connectivity index (χ1v) is 19.2. The predicted molar refractivity (Wildman–Crippen MR) is 219 cm³/mol. The van der Waals surface area contributed by atoms with Gasteiger partial charge in [-0.1, -0.05) is 57.8 Å². The second kappa shape index (κ2) is 18.2. The molecular formula is C43H44Cl3N3O6. The molecule has 9 nitrogen and oxygen atoms in total. The molecule has 0 N–H and O–H groups in total. The van der Waals surface area contributed by atoms with Crippen molar-refractivity contribution in [3.8, 4) is 45.3 Å². The summed E-state index contributed by atoms with van der Waals surface area (Å²) in [7, 11) is 3.36. The number of anilines is 1. The normalized spacial score (nSPS) is 12.9. The van der Waals surface area contributed by atoms with Gasteiger partial charge in [0.05, 0.1) is 55.6 Å². The number of benzene rings is 4. The summed E-state index contributed by atoms with van der Waals surface area (Å²) in [5.74, 6) is 5.52. The van der Waals surface area contributed by atoms with Gasteiger partial charge in [-0.05, 0) is 99.7 Å². The molecule has 2 aliphatic rings. The molecule has 0 saturated carbocycles. The molecule has 4 aromatic carbocycles. The Morgan fingerprint density at radius 2 is 1.20 bits per heavy atom. The van der Waals surface area contributed by atoms with E-state index < -0.39 is 0 Å². The first kappa shape index (κ1) is 39.9. The van der Waals surface area contributed by atoms with Crippen LogP contribution in [0.15, 0.2) is 81.8 Å². The molecule has 6 aromatic rings. The van der Waals surface area contributed by atoms with Crippen LogP contribution in [0.1, 0.15) is 46.0 Å². The molecule has 0 fully saturated rings. The second-order valence-electron chi connectivity index (χ2n) is 13.2. The Morgan fingerprint density at radius 3 is 1.73 bits per heavy atom. The third-order valence-corrected chi connectivity index (χ3v) is 10.2. The van der Waals surface area contributed by atoms with Crippen LogP contribution in [0.2, 0.25) is 10.0 Å². The SMILES string of the molecule is COc1cc2c(cc1-c1c(C)noc1C)OCCC2.COc1cc2c(cc1-c1c(C)noc1C)OCCN2Cc1ccc(Cl)cc1.ClCc1ccc(Cl)cc1. The highest BCUT2D eigenvalue weighted by Crippen LogP contribution is 2.44. The summed E-state index contributed by atoms with van der Waals surface area (Å²) in [5, 5.41) is 9.57. The minimum atomic E-state index is 0.553. The highest BCUT2D eigenvalue weighted by Gasteiger charge is 2.25. The number of aryl methyl sites for hydroxylation is 5. The van der Waals surface area contributed by atoms with Crippen LogP contribution >= 0.6 is 34.8 Å². The van der Waals surface area contributed by atoms with E-state index >= 15 is 0 Å². The molecule has 0 amide bonds. The number of methoxy groups -OCH3 is 2. The molecule has 0 spiro atoms. The van der Waals surface area contributed by atoms with Gasteiger partial charge in [-0.15, -0.1) is 11.6 Å². The van der Waals surface area contributed by atoms with Crippen LogP contribution in [0.4, 0.5) is 5.69 Å². The van der Waals surface area contributed by atoms with Gasteiger partial charge in [-0.2, -0.15) is 0 Å². The van der Waals surface area contributed by atoms with E-state index in [1.165, 1.54) is 11.1 Å². The van der Waals surface area contributed by atoms with Crippen molar-refractivity contribution in [2.24, 2.45) is 0 Å². The van der Waals surface area contributed by atoms with Crippen molar-refractivity contribution in [2.75, 3.05) is 38.9 Å². The Morgan fingerprint density at radius 1 is 0.673 bits per heavy atom. The number of fused-ring (bicyclic) bond motifs is 2. The van der Waals surface area contributed by atoms with Gasteiger partial charge in [0, 0.05) is 39.7 Å². The molecular weight excluding hydrogens is 761 g/mol. The number of rotatable bonds is 7. The zero-order chi connectivity index (χ0) is 39.1. The molecule has 2 aliphatic heterocycles. The van der Waals surface area contributed by atoms with Crippen molar-refractivity contribution in [2.45, 2.75) is 53.0 Å². The summed E-state index contributed by atoms with van der Waals surface area (Å²) in [6.45, 7) is 10.7. The van der Waals surface area contributed by atoms with Crippen LogP contribution in [-0.2, 0) is 18.8 Å². The molecule has 0 atom stereocenters. The maximum absolute atomic E-state index is 6.00. The third-order valence-electron chi connectivity index (χ3n) is 9.43. The molecule has 55 heavy (non-hydrogen) atoms. The van der Waals surface area contributed by atoms with Gasteiger partial charge in [0.25, 0.3) is 0 Å². The largest absolute Gasteiger partial charge is 0.496 e. The molecule has 0 radical (unpaired) electrons. The molecule has 0 bridgehead atoms. The van der Waals surface area contributed by atoms with E-state index in [-0.39, 0.29) is 0 Å². The van der Waals surface area contributed by atoms with Crippen LogP contribution in [-0.4, -0.2) is 44.3 Å². The van der Waals surface area contributed by atoms with Gasteiger partial charge in [0.1, 0.15) is 41.1 Å². The number of ether oxygens (including phenoxy) is 4. The lowest BCUT2D eigenvalue weighted by Gasteiger charge is -2.32. The number of hydrogen-bond acceptors (Lipinski definition) is 9. The van der Waals surface area contributed by atoms with Crippen molar-refractivity contribution in [1.29, 1.82) is 0 Å². The molecule has 0 aliphatic carbocycles. The summed E-state index contributed by atoms with van der Waals surface area (Å²) >= 11 is 17.2. The lowest BCUT2D eigenvalue weighted by molar-refractivity contribution is 0.287. The number of aromatic nitrogens is 2. The van der Waals surface area contributed by atoms with Crippen LogP contribution in [0, 0.1) is 27.7 Å². The second-order valence-corrected chi connectivity index (χ2v) is 14.3. The standard InChI is InChI=1S/C21H21ClN2O3.C15H17NO3.C7H6Cl2/c1-13-21(14(2)27-23-13)17-10-20-18(11-19(17)25-3)24(8-9-26-20)12-15-4-6-16(22)7-5-15;1-9-15(10(2)19-16-9)12-8-13-11(5-4-6-18-13)7-14(12)17-3;8-5-6-1-3-7(9)4-2-6/h4-7,10-11H,8-9,12H2,1-3H3;7-8H,4-6H2,1-3H3;1-4H,5H2. The van der Waals surface area contributed by atoms with Crippen molar-refractivity contribution in [3.63, 3.8) is 0 Å². The maximum atomic E-state index is 6.00. The number of nitrogens with zero attached hydrogens (tertiary/aromatic N) is 3. The number of alkyl halides is 1. The van der Waals surface area contributed by atoms with Crippen molar-refractivity contribution >= 4 is 40.5 Å². The van der Waals surface area contributed by atoms with Crippen LogP contribution in [0.3, 0.4) is 0 Å². The van der Waals surface area contributed by atoms with Crippen LogP contribution in [0.5, 0.6) is 23.0 Å². The number of halogens is 3. The van der Waals surface area contributed by atoms with Gasteiger partial charge in [-0.3, -0.25) is 0 Å². The summed E-state index contributed by atoms with van der Waals surface area (Å²) in [4.78, 5) is 2.29.